The van der Waals surface area contributed by atoms with Crippen LogP contribution in [0.4, 0.5) is 0 Å². The molecule has 0 aliphatic rings. The Kier molecular flexibility index (Phi) is 8.32. The predicted molar refractivity (Wildman–Crippen MR) is 89.3 cm³/mol. The van der Waals surface area contributed by atoms with E-state index in [2.05, 4.69) is 69.2 Å². The first-order chi connectivity index (χ1) is 8.64. The zero-order chi connectivity index (χ0) is 15.3. The minimum absolute atomic E-state index is 0.790. The lowest BCUT2D eigenvalue weighted by Gasteiger charge is -2.43. The van der Waals surface area contributed by atoms with Crippen LogP contribution in [0.25, 0.3) is 0 Å². The van der Waals surface area contributed by atoms with E-state index in [0.717, 1.165) is 47.3 Å². The van der Waals surface area contributed by atoms with Crippen molar-refractivity contribution in [1.29, 1.82) is 0 Å². The lowest BCUT2D eigenvalue weighted by atomic mass is 9.63. The smallest absolute Gasteiger partial charge is 0.0334 e. The molecule has 0 radical (unpaired) electrons. The topological polar surface area (TPSA) is 0 Å². The van der Waals surface area contributed by atoms with E-state index in [0.29, 0.717) is 0 Å². The summed E-state index contributed by atoms with van der Waals surface area (Å²) in [5.74, 6) is 6.58. The second kappa shape index (κ2) is 8.32. The average Bonchev–Trinajstić information content (AvgIpc) is 2.27. The summed E-state index contributed by atoms with van der Waals surface area (Å²) in [6.45, 7) is 24.3. The third kappa shape index (κ3) is 5.12. The molecule has 0 N–H and O–H groups in total. The first kappa shape index (κ1) is 19.0. The highest BCUT2D eigenvalue weighted by molar-refractivity contribution is 4.84. The van der Waals surface area contributed by atoms with Gasteiger partial charge in [0.2, 0.25) is 0 Å². The van der Waals surface area contributed by atoms with E-state index < -0.39 is 0 Å². The first-order valence-electron chi connectivity index (χ1n) is 8.64. The largest absolute Gasteiger partial charge is 0.0651 e. The first-order valence-corrected chi connectivity index (χ1v) is 8.64. The molecule has 0 heteroatoms. The zero-order valence-electron chi connectivity index (χ0n) is 15.3. The molecule has 0 aliphatic heterocycles. The van der Waals surface area contributed by atoms with Crippen LogP contribution in [-0.2, 0) is 0 Å². The van der Waals surface area contributed by atoms with Gasteiger partial charge in [0, 0.05) is 0 Å². The van der Waals surface area contributed by atoms with Crippen LogP contribution in [-0.4, -0.2) is 0 Å². The van der Waals surface area contributed by atoms with Crippen LogP contribution in [0.5, 0.6) is 0 Å². The molecule has 116 valence electrons. The fourth-order valence-electron chi connectivity index (χ4n) is 4.45. The maximum atomic E-state index is 2.53. The molecule has 0 aromatic rings. The summed E-state index contributed by atoms with van der Waals surface area (Å²) in [5, 5.41) is 0. The second-order valence-corrected chi connectivity index (χ2v) is 7.99. The van der Waals surface area contributed by atoms with Gasteiger partial charge >= 0.3 is 0 Å². The van der Waals surface area contributed by atoms with Gasteiger partial charge in [-0.1, -0.05) is 75.7 Å². The summed E-state index contributed by atoms with van der Waals surface area (Å²) in [5.41, 5.74) is 0. The molecule has 0 amide bonds. The fourth-order valence-corrected chi connectivity index (χ4v) is 4.45. The van der Waals surface area contributed by atoms with Crippen LogP contribution < -0.4 is 0 Å². The van der Waals surface area contributed by atoms with Crippen LogP contribution in [0, 0.1) is 47.3 Å². The molecule has 0 aliphatic carbocycles. The zero-order valence-corrected chi connectivity index (χ0v) is 15.3. The summed E-state index contributed by atoms with van der Waals surface area (Å²) in [6.07, 6.45) is 1.31. The van der Waals surface area contributed by atoms with Crippen molar-refractivity contribution in [2.24, 2.45) is 47.3 Å². The van der Waals surface area contributed by atoms with Gasteiger partial charge in [0.1, 0.15) is 0 Å². The van der Waals surface area contributed by atoms with Crippen LogP contribution in [0.3, 0.4) is 0 Å². The average molecular weight is 269 g/mol. The highest BCUT2D eigenvalue weighted by Gasteiger charge is 2.36. The van der Waals surface area contributed by atoms with Gasteiger partial charge in [0.25, 0.3) is 0 Å². The number of hydrogen-bond acceptors (Lipinski definition) is 0. The second-order valence-electron chi connectivity index (χ2n) is 7.99. The van der Waals surface area contributed by atoms with Gasteiger partial charge in [-0.2, -0.15) is 0 Å². The van der Waals surface area contributed by atoms with Crippen LogP contribution in [0.1, 0.15) is 75.7 Å². The molecule has 0 aromatic carbocycles. The summed E-state index contributed by atoms with van der Waals surface area (Å²) in [4.78, 5) is 0. The quantitative estimate of drug-likeness (QED) is 0.471. The highest BCUT2D eigenvalue weighted by atomic mass is 14.4. The Morgan fingerprint density at radius 3 is 1.21 bits per heavy atom. The van der Waals surface area contributed by atoms with E-state index in [1.165, 1.54) is 6.42 Å². The van der Waals surface area contributed by atoms with E-state index in [4.69, 9.17) is 0 Å². The van der Waals surface area contributed by atoms with Crippen molar-refractivity contribution in [1.82, 2.24) is 0 Å². The summed E-state index contributed by atoms with van der Waals surface area (Å²) >= 11 is 0. The lowest BCUT2D eigenvalue weighted by Crippen LogP contribution is -2.36. The van der Waals surface area contributed by atoms with E-state index >= 15 is 0 Å². The molecule has 0 saturated carbocycles. The van der Waals surface area contributed by atoms with Crippen molar-refractivity contribution in [2.75, 3.05) is 0 Å². The summed E-state index contributed by atoms with van der Waals surface area (Å²) < 4.78 is 0. The molecule has 19 heavy (non-hydrogen) atoms. The van der Waals surface area contributed by atoms with E-state index in [9.17, 15) is 0 Å². The predicted octanol–water partition coefficient (Wildman–Crippen LogP) is 6.51. The van der Waals surface area contributed by atoms with Crippen LogP contribution in [0.2, 0.25) is 0 Å². The molecule has 5 unspecified atom stereocenters. The Balaban J connectivity index is 5.19. The fraction of sp³-hybridized carbons (Fsp3) is 1.00. The SMILES string of the molecule is CCC(C)C(C(C)C)C(C)C(C(C)C)C(C)C(C)C. The molecule has 5 atom stereocenters. The summed E-state index contributed by atoms with van der Waals surface area (Å²) in [7, 11) is 0. The summed E-state index contributed by atoms with van der Waals surface area (Å²) in [6, 6.07) is 0. The van der Waals surface area contributed by atoms with Crippen molar-refractivity contribution in [3.05, 3.63) is 0 Å². The lowest BCUT2D eigenvalue weighted by molar-refractivity contribution is 0.0585. The van der Waals surface area contributed by atoms with E-state index in [-0.39, 0.29) is 0 Å². The van der Waals surface area contributed by atoms with Crippen molar-refractivity contribution >= 4 is 0 Å². The minimum Gasteiger partial charge on any atom is -0.0651 e. The number of hydrogen-bond donors (Lipinski definition) is 0. The van der Waals surface area contributed by atoms with Crippen molar-refractivity contribution < 1.29 is 0 Å². The molecule has 0 bridgehead atoms. The Morgan fingerprint density at radius 2 is 0.947 bits per heavy atom. The van der Waals surface area contributed by atoms with Crippen molar-refractivity contribution in [3.63, 3.8) is 0 Å². The van der Waals surface area contributed by atoms with Crippen LogP contribution >= 0.6 is 0 Å². The third-order valence-corrected chi connectivity index (χ3v) is 5.71. The Hall–Kier alpha value is 0. The van der Waals surface area contributed by atoms with E-state index in [1.807, 2.05) is 0 Å². The Labute approximate surface area is 123 Å². The molecule has 0 rings (SSSR count). The standard InChI is InChI=1S/C19H40/c1-11-15(8)18(13(4)5)17(10)19(14(6)7)16(9)12(2)3/h12-19H,11H2,1-10H3. The molecule has 0 nitrogen and oxygen atoms in total. The van der Waals surface area contributed by atoms with Gasteiger partial charge in [-0.15, -0.1) is 0 Å². The highest BCUT2D eigenvalue weighted by Crippen LogP contribution is 2.42. The Morgan fingerprint density at radius 1 is 0.526 bits per heavy atom. The van der Waals surface area contributed by atoms with E-state index in [1.54, 1.807) is 0 Å². The van der Waals surface area contributed by atoms with Gasteiger partial charge in [0.05, 0.1) is 0 Å². The minimum atomic E-state index is 0.790. The normalized spacial score (nSPS) is 20.7. The molecule has 0 aromatic heterocycles. The Bertz CT molecular complexity index is 226. The van der Waals surface area contributed by atoms with Gasteiger partial charge < -0.3 is 0 Å². The molecular weight excluding hydrogens is 228 g/mol. The number of rotatable bonds is 8. The van der Waals surface area contributed by atoms with Crippen molar-refractivity contribution in [2.45, 2.75) is 75.7 Å². The molecular formula is C19H40. The molecule has 0 heterocycles. The molecule has 0 fully saturated rings. The van der Waals surface area contributed by atoms with Gasteiger partial charge in [-0.05, 0) is 47.3 Å². The van der Waals surface area contributed by atoms with Gasteiger partial charge in [-0.25, -0.2) is 0 Å². The molecule has 0 saturated heterocycles. The monoisotopic (exact) mass is 268 g/mol. The van der Waals surface area contributed by atoms with Crippen molar-refractivity contribution in [3.8, 4) is 0 Å². The third-order valence-electron chi connectivity index (χ3n) is 5.71. The maximum absolute atomic E-state index is 2.53. The molecule has 0 spiro atoms. The van der Waals surface area contributed by atoms with Gasteiger partial charge in [-0.3, -0.25) is 0 Å². The van der Waals surface area contributed by atoms with Gasteiger partial charge in [0.15, 0.2) is 0 Å². The van der Waals surface area contributed by atoms with Crippen LogP contribution in [0.15, 0.2) is 0 Å². The maximum Gasteiger partial charge on any atom is -0.0334 e.